The first-order valence-electron chi connectivity index (χ1n) is 16.7. The van der Waals surface area contributed by atoms with Crippen LogP contribution in [0.4, 0.5) is 0 Å². The van der Waals surface area contributed by atoms with Crippen molar-refractivity contribution in [3.8, 4) is 5.75 Å². The van der Waals surface area contributed by atoms with Gasteiger partial charge in [-0.3, -0.25) is 24.2 Å². The normalized spacial score (nSPS) is 21.8. The highest BCUT2D eigenvalue weighted by Gasteiger charge is 2.59. The summed E-state index contributed by atoms with van der Waals surface area (Å²) in [7, 11) is -7.45. The molecule has 0 unspecified atom stereocenters. The van der Waals surface area contributed by atoms with Crippen LogP contribution in [0.5, 0.6) is 5.75 Å². The van der Waals surface area contributed by atoms with E-state index in [1.165, 1.54) is 16.8 Å². The molecule has 1 fully saturated rings. The molecule has 0 spiro atoms. The van der Waals surface area contributed by atoms with Crippen LogP contribution in [0.15, 0.2) is 46.1 Å². The Bertz CT molecular complexity index is 1510. The quantitative estimate of drug-likeness (QED) is 0.152. The molecule has 0 radical (unpaired) electrons. The molecule has 2 aromatic rings. The van der Waals surface area contributed by atoms with Crippen molar-refractivity contribution in [3.63, 3.8) is 0 Å². The first kappa shape index (κ1) is 40.6. The summed E-state index contributed by atoms with van der Waals surface area (Å²) in [6.07, 6.45) is -2.18. The smallest absolute Gasteiger partial charge is 0.350 e. The number of aromatic amines is 1. The Morgan fingerprint density at radius 3 is 1.88 bits per heavy atom. The van der Waals surface area contributed by atoms with E-state index in [4.69, 9.17) is 27.4 Å². The number of H-pyrrole nitrogens is 1. The van der Waals surface area contributed by atoms with Gasteiger partial charge in [-0.2, -0.15) is 0 Å². The topological polar surface area (TPSA) is 139 Å². The van der Waals surface area contributed by atoms with Crippen LogP contribution in [0.25, 0.3) is 0 Å². The van der Waals surface area contributed by atoms with Gasteiger partial charge in [-0.15, -0.1) is 0 Å². The predicted octanol–water partition coefficient (Wildman–Crippen LogP) is 6.61. The van der Waals surface area contributed by atoms with Crippen molar-refractivity contribution in [3.05, 3.63) is 62.9 Å². The van der Waals surface area contributed by atoms with Crippen LogP contribution < -0.4 is 21.3 Å². The highest BCUT2D eigenvalue weighted by atomic mass is 31.2. The summed E-state index contributed by atoms with van der Waals surface area (Å²) in [5.74, 6) is -0.311. The zero-order valence-electron chi connectivity index (χ0n) is 31.0. The lowest BCUT2D eigenvalue weighted by Gasteiger charge is -2.45. The summed E-state index contributed by atoms with van der Waals surface area (Å²) in [5, 5.41) is 3.05. The van der Waals surface area contributed by atoms with E-state index < -0.39 is 65.8 Å². The van der Waals surface area contributed by atoms with Gasteiger partial charge < -0.3 is 27.4 Å². The summed E-state index contributed by atoms with van der Waals surface area (Å²) in [5.41, 5.74) is -0.274. The van der Waals surface area contributed by atoms with E-state index in [1.54, 1.807) is 21.0 Å². The fraction of sp³-hybridized carbons (Fsp3) is 0.697. The predicted molar refractivity (Wildman–Crippen MR) is 194 cm³/mol. The van der Waals surface area contributed by atoms with Crippen molar-refractivity contribution in [1.82, 2.24) is 14.9 Å². The van der Waals surface area contributed by atoms with Gasteiger partial charge in [0.15, 0.2) is 22.9 Å². The second-order valence-electron chi connectivity index (χ2n) is 15.2. The summed E-state index contributed by atoms with van der Waals surface area (Å²) in [6, 6.07) is 8.82. The third-order valence-corrected chi connectivity index (χ3v) is 21.1. The Morgan fingerprint density at radius 2 is 1.42 bits per heavy atom. The van der Waals surface area contributed by atoms with Gasteiger partial charge in [0.25, 0.3) is 5.56 Å². The monoisotopic (exact) mass is 727 g/mol. The first-order chi connectivity index (χ1) is 22.1. The maximum atomic E-state index is 14.8. The van der Waals surface area contributed by atoms with Gasteiger partial charge in [-0.25, -0.2) is 4.79 Å². The number of hydrogen-bond acceptors (Lipinski definition) is 10. The molecule has 0 bridgehead atoms. The third kappa shape index (κ3) is 9.26. The standard InChI is InChI=1S/C33H58N3O9PSi2/c1-14-41-46(39,42-15-2)29(34-22-23-16-18-24(40-9)19-17-23)27-26(44-47(10,11)32(3,4)5)28(45-48(12,13)33(6,7)8)30(43-27)36-21-20-25(37)35-31(36)38/h16-21,26-30,34H,14-15,22H2,1-13H3,(H,35,37,38)/t26-,27+,28-,29+,30-/m1/s1. The molecule has 0 saturated carbocycles. The van der Waals surface area contributed by atoms with Gasteiger partial charge >= 0.3 is 13.3 Å². The second kappa shape index (κ2) is 15.6. The van der Waals surface area contributed by atoms with E-state index in [-0.39, 0.29) is 23.3 Å². The van der Waals surface area contributed by atoms with Gasteiger partial charge in [0, 0.05) is 18.8 Å². The first-order valence-corrected chi connectivity index (χ1v) is 24.1. The van der Waals surface area contributed by atoms with E-state index in [9.17, 15) is 14.2 Å². The molecule has 12 nitrogen and oxygen atoms in total. The average molecular weight is 728 g/mol. The van der Waals surface area contributed by atoms with Crippen LogP contribution in [0.3, 0.4) is 0 Å². The number of nitrogens with zero attached hydrogens (tertiary/aromatic N) is 1. The zero-order chi connectivity index (χ0) is 36.3. The van der Waals surface area contributed by atoms with Crippen molar-refractivity contribution in [2.75, 3.05) is 20.3 Å². The van der Waals surface area contributed by atoms with Crippen LogP contribution >= 0.6 is 7.60 Å². The summed E-state index contributed by atoms with van der Waals surface area (Å²) in [4.78, 5) is 27.8. The van der Waals surface area contributed by atoms with Crippen LogP contribution in [0.2, 0.25) is 36.3 Å². The lowest BCUT2D eigenvalue weighted by Crippen LogP contribution is -2.56. The zero-order valence-corrected chi connectivity index (χ0v) is 33.9. The van der Waals surface area contributed by atoms with Gasteiger partial charge in [-0.05, 0) is 67.8 Å². The molecule has 15 heteroatoms. The van der Waals surface area contributed by atoms with Crippen molar-refractivity contribution in [1.29, 1.82) is 0 Å². The Kier molecular flexibility index (Phi) is 13.2. The molecule has 1 aliphatic rings. The Hall–Kier alpha value is -1.88. The number of hydrogen-bond donors (Lipinski definition) is 2. The fourth-order valence-corrected chi connectivity index (χ4v) is 9.61. The van der Waals surface area contributed by atoms with Crippen LogP contribution in [0, 0.1) is 0 Å². The number of aromatic nitrogens is 2. The van der Waals surface area contributed by atoms with E-state index in [1.807, 2.05) is 24.3 Å². The van der Waals surface area contributed by atoms with Crippen LogP contribution in [0.1, 0.15) is 67.2 Å². The number of nitrogens with one attached hydrogen (secondary N) is 2. The lowest BCUT2D eigenvalue weighted by atomic mass is 10.1. The van der Waals surface area contributed by atoms with Gasteiger partial charge in [0.1, 0.15) is 29.8 Å². The average Bonchev–Trinajstić information content (AvgIpc) is 3.28. The molecule has 0 aliphatic carbocycles. The molecule has 1 saturated heterocycles. The molecular formula is C33H58N3O9PSi2. The van der Waals surface area contributed by atoms with Crippen molar-refractivity contribution in [2.24, 2.45) is 0 Å². The molecule has 1 aliphatic heterocycles. The molecule has 0 amide bonds. The lowest BCUT2D eigenvalue weighted by molar-refractivity contribution is -0.0430. The maximum Gasteiger partial charge on any atom is 0.350 e. The summed E-state index contributed by atoms with van der Waals surface area (Å²) >= 11 is 0. The number of benzene rings is 1. The molecule has 3 rings (SSSR count). The minimum atomic E-state index is -3.94. The van der Waals surface area contributed by atoms with E-state index >= 15 is 0 Å². The summed E-state index contributed by atoms with van der Waals surface area (Å²) < 4.78 is 54.6. The number of rotatable bonds is 15. The van der Waals surface area contributed by atoms with E-state index in [0.717, 1.165) is 5.56 Å². The maximum absolute atomic E-state index is 14.8. The molecule has 2 heterocycles. The fourth-order valence-electron chi connectivity index (χ4n) is 5.00. The SMILES string of the molecule is CCOP(=O)(OCC)[C@H](NCc1ccc(OC)cc1)[C@H]1O[C@@H](n2ccc(=O)[nH]c2=O)[C@H](O[Si](C)(C)C(C)(C)C)[C@@H]1O[Si](C)(C)C(C)(C)C. The highest BCUT2D eigenvalue weighted by molar-refractivity contribution is 7.54. The largest absolute Gasteiger partial charge is 0.497 e. The molecule has 2 N–H and O–H groups in total. The Morgan fingerprint density at radius 1 is 0.896 bits per heavy atom. The van der Waals surface area contributed by atoms with Crippen molar-refractivity contribution < 1.29 is 31.9 Å². The van der Waals surface area contributed by atoms with Gasteiger partial charge in [0.05, 0.1) is 20.3 Å². The Balaban J connectivity index is 2.29. The molecule has 1 aromatic carbocycles. The molecular weight excluding hydrogens is 670 g/mol. The van der Waals surface area contributed by atoms with Crippen molar-refractivity contribution in [2.45, 2.75) is 129 Å². The van der Waals surface area contributed by atoms with Crippen LogP contribution in [-0.2, 0) is 33.7 Å². The second-order valence-corrected chi connectivity index (χ2v) is 26.9. The van der Waals surface area contributed by atoms with E-state index in [2.05, 4.69) is 78.0 Å². The number of ether oxygens (including phenoxy) is 2. The Labute approximate surface area is 288 Å². The summed E-state index contributed by atoms with van der Waals surface area (Å²) in [6.45, 7) is 25.4. The molecule has 48 heavy (non-hydrogen) atoms. The third-order valence-electron chi connectivity index (χ3n) is 9.77. The highest BCUT2D eigenvalue weighted by Crippen LogP contribution is 2.57. The van der Waals surface area contributed by atoms with E-state index in [0.29, 0.717) is 12.3 Å². The number of methoxy groups -OCH3 is 1. The van der Waals surface area contributed by atoms with Gasteiger partial charge in [0.2, 0.25) is 0 Å². The van der Waals surface area contributed by atoms with Crippen LogP contribution in [-0.4, -0.2) is 70.6 Å². The van der Waals surface area contributed by atoms with Crippen molar-refractivity contribution >= 4 is 24.2 Å². The minimum Gasteiger partial charge on any atom is -0.497 e. The minimum absolute atomic E-state index is 0.130. The molecule has 5 atom stereocenters. The molecule has 272 valence electrons. The van der Waals surface area contributed by atoms with Gasteiger partial charge in [-0.1, -0.05) is 53.7 Å². The molecule has 1 aromatic heterocycles.